The number of likely N-dealkylation sites (tertiary alicyclic amines) is 1. The molecule has 12 heteroatoms. The number of carbonyl (C=O) groups excluding carboxylic acids is 3. The minimum absolute atomic E-state index is 0.0872. The lowest BCUT2D eigenvalue weighted by Crippen LogP contribution is -2.58. The summed E-state index contributed by atoms with van der Waals surface area (Å²) in [6.45, 7) is 9.57. The Labute approximate surface area is 260 Å². The van der Waals surface area contributed by atoms with Crippen molar-refractivity contribution in [3.63, 3.8) is 0 Å². The zero-order valence-corrected chi connectivity index (χ0v) is 27.2. The zero-order chi connectivity index (χ0) is 32.3. The first-order valence-corrected chi connectivity index (χ1v) is 16.7. The van der Waals surface area contributed by atoms with Crippen LogP contribution in [0.25, 0.3) is 0 Å². The van der Waals surface area contributed by atoms with Crippen LogP contribution in [0.1, 0.15) is 58.6 Å². The molecule has 0 saturated carbocycles. The van der Waals surface area contributed by atoms with Gasteiger partial charge in [0.25, 0.3) is 5.91 Å². The average molecular weight is 629 g/mol. The van der Waals surface area contributed by atoms with Crippen LogP contribution < -0.4 is 14.9 Å². The van der Waals surface area contributed by atoms with Crippen LogP contribution in [-0.2, 0) is 41.1 Å². The topological polar surface area (TPSA) is 134 Å². The first kappa shape index (κ1) is 33.3. The summed E-state index contributed by atoms with van der Waals surface area (Å²) in [7, 11) is -3.47. The highest BCUT2D eigenvalue weighted by Gasteiger charge is 2.48. The summed E-state index contributed by atoms with van der Waals surface area (Å²) >= 11 is 0. The maximum atomic E-state index is 13.9. The van der Waals surface area contributed by atoms with E-state index in [-0.39, 0.29) is 19.1 Å². The van der Waals surface area contributed by atoms with Crippen molar-refractivity contribution < 1.29 is 32.3 Å². The van der Waals surface area contributed by atoms with Gasteiger partial charge in [0.2, 0.25) is 15.9 Å². The SMILES string of the molecule is CC(C)(C)NC(=O)OC(C)(C)C(=O)NC(COCc1ccccc1)C(=O)N1CCC2(CC1)CN(S(C)(=O)=O)c1ccccc12. The molecule has 1 spiro atoms. The number of sulfonamides is 1. The van der Waals surface area contributed by atoms with E-state index < -0.39 is 44.6 Å². The van der Waals surface area contributed by atoms with Gasteiger partial charge in [-0.25, -0.2) is 13.2 Å². The summed E-state index contributed by atoms with van der Waals surface area (Å²) in [5.41, 5.74) is 0.0460. The molecular weight excluding hydrogens is 584 g/mol. The largest absolute Gasteiger partial charge is 0.433 e. The van der Waals surface area contributed by atoms with Crippen LogP contribution in [0.2, 0.25) is 0 Å². The minimum Gasteiger partial charge on any atom is -0.433 e. The maximum Gasteiger partial charge on any atom is 0.408 e. The predicted octanol–water partition coefficient (Wildman–Crippen LogP) is 3.33. The Hall–Kier alpha value is -3.64. The van der Waals surface area contributed by atoms with Crippen molar-refractivity contribution >= 4 is 33.6 Å². The molecule has 1 unspecified atom stereocenters. The fourth-order valence-corrected chi connectivity index (χ4v) is 6.67. The van der Waals surface area contributed by atoms with Gasteiger partial charge in [0, 0.05) is 30.6 Å². The third-order valence-electron chi connectivity index (χ3n) is 7.99. The lowest BCUT2D eigenvalue weighted by atomic mass is 9.74. The quantitative estimate of drug-likeness (QED) is 0.435. The van der Waals surface area contributed by atoms with Gasteiger partial charge in [-0.05, 0) is 64.7 Å². The first-order chi connectivity index (χ1) is 20.5. The number of nitrogens with one attached hydrogen (secondary N) is 2. The third-order valence-corrected chi connectivity index (χ3v) is 9.12. The van der Waals surface area contributed by atoms with Gasteiger partial charge in [-0.15, -0.1) is 0 Å². The predicted molar refractivity (Wildman–Crippen MR) is 168 cm³/mol. The lowest BCUT2D eigenvalue weighted by Gasteiger charge is -2.41. The zero-order valence-electron chi connectivity index (χ0n) is 26.4. The van der Waals surface area contributed by atoms with Gasteiger partial charge in [0.05, 0.1) is 25.2 Å². The van der Waals surface area contributed by atoms with Crippen molar-refractivity contribution in [2.45, 2.75) is 76.7 Å². The van der Waals surface area contributed by atoms with E-state index in [1.807, 2.05) is 54.6 Å². The maximum absolute atomic E-state index is 13.9. The number of amides is 3. The number of hydrogen-bond donors (Lipinski definition) is 2. The monoisotopic (exact) mass is 628 g/mol. The molecule has 44 heavy (non-hydrogen) atoms. The summed E-state index contributed by atoms with van der Waals surface area (Å²) in [5.74, 6) is -0.951. The Morgan fingerprint density at radius 1 is 0.955 bits per heavy atom. The molecule has 240 valence electrons. The van der Waals surface area contributed by atoms with Gasteiger partial charge in [-0.2, -0.15) is 0 Å². The molecule has 0 aliphatic carbocycles. The van der Waals surface area contributed by atoms with Crippen molar-refractivity contribution in [2.75, 3.05) is 36.8 Å². The molecular formula is C32H44N4O7S. The lowest BCUT2D eigenvalue weighted by molar-refractivity contribution is -0.145. The van der Waals surface area contributed by atoms with Crippen LogP contribution in [-0.4, -0.2) is 80.9 Å². The summed E-state index contributed by atoms with van der Waals surface area (Å²) < 4.78 is 37.9. The van der Waals surface area contributed by atoms with Gasteiger partial charge < -0.3 is 25.0 Å². The highest BCUT2D eigenvalue weighted by molar-refractivity contribution is 7.92. The van der Waals surface area contributed by atoms with Crippen LogP contribution in [0, 0.1) is 0 Å². The second-order valence-corrected chi connectivity index (χ2v) is 15.1. The summed E-state index contributed by atoms with van der Waals surface area (Å²) in [5, 5.41) is 5.44. The van der Waals surface area contributed by atoms with Gasteiger partial charge in [-0.3, -0.25) is 13.9 Å². The third kappa shape index (κ3) is 7.89. The van der Waals surface area contributed by atoms with Crippen molar-refractivity contribution in [1.29, 1.82) is 0 Å². The molecule has 0 radical (unpaired) electrons. The molecule has 1 fully saturated rings. The average Bonchev–Trinajstić information content (AvgIpc) is 3.26. The fraction of sp³-hybridized carbons (Fsp3) is 0.531. The van der Waals surface area contributed by atoms with E-state index in [0.717, 1.165) is 11.1 Å². The van der Waals surface area contributed by atoms with Crippen molar-refractivity contribution in [1.82, 2.24) is 15.5 Å². The Balaban J connectivity index is 1.47. The number of para-hydroxylation sites is 1. The van der Waals surface area contributed by atoms with E-state index >= 15 is 0 Å². The Morgan fingerprint density at radius 3 is 2.18 bits per heavy atom. The normalized spacial score (nSPS) is 17.1. The van der Waals surface area contributed by atoms with E-state index in [2.05, 4.69) is 10.6 Å². The van der Waals surface area contributed by atoms with E-state index in [0.29, 0.717) is 38.2 Å². The van der Waals surface area contributed by atoms with Crippen molar-refractivity contribution in [2.24, 2.45) is 0 Å². The molecule has 2 N–H and O–H groups in total. The molecule has 2 aromatic rings. The number of piperidine rings is 1. The van der Waals surface area contributed by atoms with Gasteiger partial charge >= 0.3 is 6.09 Å². The van der Waals surface area contributed by atoms with Gasteiger partial charge in [-0.1, -0.05) is 48.5 Å². The molecule has 0 bridgehead atoms. The number of ether oxygens (including phenoxy) is 2. The molecule has 1 saturated heterocycles. The molecule has 0 aromatic heterocycles. The van der Waals surface area contributed by atoms with E-state index in [1.54, 1.807) is 25.7 Å². The first-order valence-electron chi connectivity index (χ1n) is 14.8. The molecule has 1 atom stereocenters. The van der Waals surface area contributed by atoms with Crippen LogP contribution in [0.5, 0.6) is 0 Å². The van der Waals surface area contributed by atoms with E-state index in [4.69, 9.17) is 9.47 Å². The Kier molecular flexibility index (Phi) is 9.65. The highest BCUT2D eigenvalue weighted by Crippen LogP contribution is 2.47. The smallest absolute Gasteiger partial charge is 0.408 e. The minimum atomic E-state index is -3.47. The Bertz CT molecular complexity index is 1460. The number of anilines is 1. The molecule has 3 amide bonds. The molecule has 2 aliphatic heterocycles. The Morgan fingerprint density at radius 2 is 1.57 bits per heavy atom. The van der Waals surface area contributed by atoms with E-state index in [1.165, 1.54) is 24.4 Å². The van der Waals surface area contributed by atoms with Crippen LogP contribution >= 0.6 is 0 Å². The molecule has 2 aliphatic rings. The van der Waals surface area contributed by atoms with Crippen LogP contribution in [0.15, 0.2) is 54.6 Å². The number of fused-ring (bicyclic) bond motifs is 2. The fourth-order valence-electron chi connectivity index (χ4n) is 5.67. The number of hydrogen-bond acceptors (Lipinski definition) is 7. The second-order valence-electron chi connectivity index (χ2n) is 13.2. The summed E-state index contributed by atoms with van der Waals surface area (Å²) in [6.07, 6.45) is 1.59. The van der Waals surface area contributed by atoms with Gasteiger partial charge in [0.1, 0.15) is 6.04 Å². The molecule has 2 aromatic carbocycles. The second kappa shape index (κ2) is 12.8. The number of rotatable bonds is 9. The number of carbonyl (C=O) groups is 3. The molecule has 11 nitrogen and oxygen atoms in total. The van der Waals surface area contributed by atoms with Crippen molar-refractivity contribution in [3.8, 4) is 0 Å². The van der Waals surface area contributed by atoms with E-state index in [9.17, 15) is 22.8 Å². The van der Waals surface area contributed by atoms with Gasteiger partial charge in [0.15, 0.2) is 5.60 Å². The molecule has 4 rings (SSSR count). The number of nitrogens with zero attached hydrogens (tertiary/aromatic N) is 2. The standard InChI is InChI=1S/C32H44N4O7S/c1-30(2,3)34-29(39)43-31(4,5)28(38)33-25(21-42-20-23-12-8-7-9-13-23)27(37)35-18-16-32(17-19-35)22-36(44(6,40)41)26-15-11-10-14-24(26)32/h7-15,25H,16-22H2,1-6H3,(H,33,38)(H,34,39). The van der Waals surface area contributed by atoms with Crippen LogP contribution in [0.4, 0.5) is 10.5 Å². The number of benzene rings is 2. The highest BCUT2D eigenvalue weighted by atomic mass is 32.2. The summed E-state index contributed by atoms with van der Waals surface area (Å²) in [4.78, 5) is 41.4. The van der Waals surface area contributed by atoms with Crippen LogP contribution in [0.3, 0.4) is 0 Å². The summed E-state index contributed by atoms with van der Waals surface area (Å²) in [6, 6.07) is 16.0. The van der Waals surface area contributed by atoms with Crippen molar-refractivity contribution in [3.05, 3.63) is 65.7 Å². The molecule has 2 heterocycles. The number of alkyl carbamates (subject to hydrolysis) is 1.